The molecule has 1 atom stereocenters. The molecule has 0 spiro atoms. The van der Waals surface area contributed by atoms with Crippen molar-refractivity contribution in [3.63, 3.8) is 0 Å². The van der Waals surface area contributed by atoms with E-state index in [1.165, 1.54) is 18.4 Å². The van der Waals surface area contributed by atoms with Crippen LogP contribution in [-0.2, 0) is 17.7 Å². The first-order chi connectivity index (χ1) is 12.7. The van der Waals surface area contributed by atoms with Crippen molar-refractivity contribution in [2.75, 3.05) is 19.8 Å². The lowest BCUT2D eigenvalue weighted by Gasteiger charge is -2.36. The minimum Gasteiger partial charge on any atom is -0.379 e. The molecule has 0 radical (unpaired) electrons. The van der Waals surface area contributed by atoms with Crippen molar-refractivity contribution in [2.45, 2.75) is 45.7 Å². The van der Waals surface area contributed by atoms with Gasteiger partial charge in [-0.3, -0.25) is 14.5 Å². The number of hydrogen-bond donors (Lipinski definition) is 0. The van der Waals surface area contributed by atoms with E-state index in [9.17, 15) is 4.79 Å². The zero-order valence-electron chi connectivity index (χ0n) is 15.5. The van der Waals surface area contributed by atoms with E-state index in [4.69, 9.17) is 4.74 Å². The fourth-order valence-electron chi connectivity index (χ4n) is 3.73. The minimum absolute atomic E-state index is 0.0238. The number of hydrogen-bond acceptors (Lipinski definition) is 4. The third-order valence-electron chi connectivity index (χ3n) is 5.26. The summed E-state index contributed by atoms with van der Waals surface area (Å²) in [4.78, 5) is 19.3. The van der Waals surface area contributed by atoms with E-state index < -0.39 is 0 Å². The highest BCUT2D eigenvalue weighted by Crippen LogP contribution is 2.35. The standard InChI is InChI=1S/C20H26N4O2/c1-3-26-13-18-19-16(11-22-24(19)12-15-4-5-15)6-7-23(18)20(25)17-8-14(2)9-21-10-17/h8-11,15,18H,3-7,12-13H2,1-2H3/t18-/m0/s1. The van der Waals surface area contributed by atoms with Crippen LogP contribution in [0.2, 0.25) is 0 Å². The molecule has 0 unspecified atom stereocenters. The van der Waals surface area contributed by atoms with Crippen LogP contribution in [0.5, 0.6) is 0 Å². The van der Waals surface area contributed by atoms with Gasteiger partial charge in [-0.15, -0.1) is 0 Å². The van der Waals surface area contributed by atoms with E-state index in [1.807, 2.05) is 31.0 Å². The van der Waals surface area contributed by atoms with Crippen molar-refractivity contribution in [3.05, 3.63) is 47.0 Å². The summed E-state index contributed by atoms with van der Waals surface area (Å²) in [5.74, 6) is 0.759. The minimum atomic E-state index is -0.0898. The van der Waals surface area contributed by atoms with Gasteiger partial charge in [-0.25, -0.2) is 0 Å². The molecule has 1 aliphatic carbocycles. The second-order valence-electron chi connectivity index (χ2n) is 7.36. The van der Waals surface area contributed by atoms with Crippen molar-refractivity contribution < 1.29 is 9.53 Å². The van der Waals surface area contributed by atoms with Gasteiger partial charge in [0.25, 0.3) is 5.91 Å². The van der Waals surface area contributed by atoms with Crippen molar-refractivity contribution in [1.29, 1.82) is 0 Å². The SMILES string of the molecule is CCOC[C@H]1c2c(cnn2CC2CC2)CCN1C(=O)c1cncc(C)c1. The number of pyridine rings is 1. The molecule has 3 heterocycles. The van der Waals surface area contributed by atoms with Crippen LogP contribution in [0.3, 0.4) is 0 Å². The lowest BCUT2D eigenvalue weighted by atomic mass is 9.99. The first kappa shape index (κ1) is 17.2. The first-order valence-corrected chi connectivity index (χ1v) is 9.52. The molecule has 26 heavy (non-hydrogen) atoms. The van der Waals surface area contributed by atoms with Crippen LogP contribution in [0.25, 0.3) is 0 Å². The molecule has 2 aromatic rings. The number of ether oxygens (including phenoxy) is 1. The van der Waals surface area contributed by atoms with Crippen molar-refractivity contribution in [3.8, 4) is 0 Å². The number of aromatic nitrogens is 3. The maximum absolute atomic E-state index is 13.2. The van der Waals surface area contributed by atoms with Gasteiger partial charge in [-0.05, 0) is 56.2 Å². The molecule has 1 fully saturated rings. The lowest BCUT2D eigenvalue weighted by molar-refractivity contribution is 0.0397. The van der Waals surface area contributed by atoms with Crippen LogP contribution in [0.4, 0.5) is 0 Å². The Morgan fingerprint density at radius 3 is 2.88 bits per heavy atom. The molecular formula is C20H26N4O2. The molecule has 2 aliphatic rings. The number of nitrogens with zero attached hydrogens (tertiary/aromatic N) is 4. The van der Waals surface area contributed by atoms with Crippen LogP contribution in [-0.4, -0.2) is 45.3 Å². The lowest BCUT2D eigenvalue weighted by Crippen LogP contribution is -2.43. The van der Waals surface area contributed by atoms with Crippen LogP contribution in [0, 0.1) is 12.8 Å². The van der Waals surface area contributed by atoms with Crippen molar-refractivity contribution in [2.24, 2.45) is 5.92 Å². The summed E-state index contributed by atoms with van der Waals surface area (Å²) in [6.45, 7) is 6.72. The number of amides is 1. The van der Waals surface area contributed by atoms with Gasteiger partial charge in [-0.1, -0.05) is 0 Å². The van der Waals surface area contributed by atoms with E-state index in [0.29, 0.717) is 25.3 Å². The second kappa shape index (κ2) is 7.19. The topological polar surface area (TPSA) is 60.2 Å². The van der Waals surface area contributed by atoms with Crippen LogP contribution < -0.4 is 0 Å². The summed E-state index contributed by atoms with van der Waals surface area (Å²) in [5.41, 5.74) is 4.05. The number of aryl methyl sites for hydroxylation is 1. The molecule has 2 aromatic heterocycles. The summed E-state index contributed by atoms with van der Waals surface area (Å²) >= 11 is 0. The summed E-state index contributed by atoms with van der Waals surface area (Å²) in [6, 6.07) is 1.82. The van der Waals surface area contributed by atoms with Gasteiger partial charge >= 0.3 is 0 Å². The molecule has 6 heteroatoms. The van der Waals surface area contributed by atoms with Gasteiger partial charge in [-0.2, -0.15) is 5.10 Å². The molecule has 1 amide bonds. The highest BCUT2D eigenvalue weighted by molar-refractivity contribution is 5.94. The highest BCUT2D eigenvalue weighted by Gasteiger charge is 2.36. The smallest absolute Gasteiger partial charge is 0.256 e. The van der Waals surface area contributed by atoms with Gasteiger partial charge in [0.2, 0.25) is 0 Å². The van der Waals surface area contributed by atoms with Gasteiger partial charge in [0.15, 0.2) is 0 Å². The Balaban J connectivity index is 1.66. The summed E-state index contributed by atoms with van der Waals surface area (Å²) in [6.07, 6.45) is 8.81. The average Bonchev–Trinajstić information content (AvgIpc) is 3.37. The monoisotopic (exact) mass is 354 g/mol. The van der Waals surface area contributed by atoms with Crippen molar-refractivity contribution >= 4 is 5.91 Å². The molecule has 0 saturated heterocycles. The Morgan fingerprint density at radius 1 is 1.31 bits per heavy atom. The van der Waals surface area contributed by atoms with Crippen LogP contribution in [0.1, 0.15) is 53.0 Å². The summed E-state index contributed by atoms with van der Waals surface area (Å²) < 4.78 is 7.88. The van der Waals surface area contributed by atoms with E-state index in [2.05, 4.69) is 14.8 Å². The predicted octanol–water partition coefficient (Wildman–Crippen LogP) is 2.77. The van der Waals surface area contributed by atoms with Gasteiger partial charge in [0.05, 0.1) is 30.1 Å². The predicted molar refractivity (Wildman–Crippen MR) is 97.9 cm³/mol. The maximum Gasteiger partial charge on any atom is 0.256 e. The molecule has 0 N–H and O–H groups in total. The summed E-state index contributed by atoms with van der Waals surface area (Å²) in [5, 5.41) is 4.63. The van der Waals surface area contributed by atoms with Gasteiger partial charge < -0.3 is 9.64 Å². The number of rotatable bonds is 6. The Kier molecular flexibility index (Phi) is 4.76. The molecule has 4 rings (SSSR count). The fraction of sp³-hybridized carbons (Fsp3) is 0.550. The molecule has 138 valence electrons. The number of fused-ring (bicyclic) bond motifs is 1. The molecule has 0 bridgehead atoms. The second-order valence-corrected chi connectivity index (χ2v) is 7.36. The summed E-state index contributed by atoms with van der Waals surface area (Å²) in [7, 11) is 0. The Bertz CT molecular complexity index is 797. The van der Waals surface area contributed by atoms with E-state index in [-0.39, 0.29) is 11.9 Å². The zero-order chi connectivity index (χ0) is 18.1. The zero-order valence-corrected chi connectivity index (χ0v) is 15.5. The fourth-order valence-corrected chi connectivity index (χ4v) is 3.73. The third-order valence-corrected chi connectivity index (χ3v) is 5.26. The third kappa shape index (κ3) is 3.38. The maximum atomic E-state index is 13.2. The Hall–Kier alpha value is -2.21. The highest BCUT2D eigenvalue weighted by atomic mass is 16.5. The van der Waals surface area contributed by atoms with E-state index >= 15 is 0 Å². The quantitative estimate of drug-likeness (QED) is 0.800. The molecule has 1 aliphatic heterocycles. The molecule has 1 saturated carbocycles. The van der Waals surface area contributed by atoms with Crippen LogP contribution >= 0.6 is 0 Å². The molecule has 0 aromatic carbocycles. The molecular weight excluding hydrogens is 328 g/mol. The Morgan fingerprint density at radius 2 is 2.15 bits per heavy atom. The van der Waals surface area contributed by atoms with Crippen molar-refractivity contribution in [1.82, 2.24) is 19.7 Å². The number of carbonyl (C=O) groups is 1. The average molecular weight is 354 g/mol. The van der Waals surface area contributed by atoms with Crippen LogP contribution in [0.15, 0.2) is 24.7 Å². The number of carbonyl (C=O) groups excluding carboxylic acids is 1. The van der Waals surface area contributed by atoms with Gasteiger partial charge in [0.1, 0.15) is 0 Å². The molecule has 6 nitrogen and oxygen atoms in total. The van der Waals surface area contributed by atoms with E-state index in [0.717, 1.165) is 30.1 Å². The first-order valence-electron chi connectivity index (χ1n) is 9.52. The Labute approximate surface area is 154 Å². The normalized spacial score (nSPS) is 19.5. The largest absolute Gasteiger partial charge is 0.379 e. The van der Waals surface area contributed by atoms with Gasteiger partial charge in [0, 0.05) is 32.1 Å². The van der Waals surface area contributed by atoms with E-state index in [1.54, 1.807) is 12.4 Å².